The van der Waals surface area contributed by atoms with E-state index in [1.54, 1.807) is 13.2 Å². The van der Waals surface area contributed by atoms with Crippen molar-refractivity contribution in [1.82, 2.24) is 24.3 Å². The van der Waals surface area contributed by atoms with Crippen molar-refractivity contribution in [3.05, 3.63) is 70.9 Å². The highest BCUT2D eigenvalue weighted by molar-refractivity contribution is 5.87. The van der Waals surface area contributed by atoms with Crippen LogP contribution in [-0.4, -0.2) is 76.7 Å². The molecule has 0 unspecified atom stereocenters. The number of H-pyrrole nitrogens is 1. The van der Waals surface area contributed by atoms with Gasteiger partial charge in [0.25, 0.3) is 11.5 Å². The molecular weight excluding hydrogens is 446 g/mol. The van der Waals surface area contributed by atoms with Gasteiger partial charge in [0.1, 0.15) is 11.6 Å². The molecule has 0 radical (unpaired) electrons. The first-order chi connectivity index (χ1) is 17.1. The Labute approximate surface area is 202 Å². The lowest BCUT2D eigenvalue weighted by molar-refractivity contribution is -0.135. The van der Waals surface area contributed by atoms with Gasteiger partial charge in [-0.1, -0.05) is 18.2 Å². The minimum atomic E-state index is -0.124. The van der Waals surface area contributed by atoms with Crippen molar-refractivity contribution in [2.45, 2.75) is 13.1 Å². The second-order valence-electron chi connectivity index (χ2n) is 8.67. The summed E-state index contributed by atoms with van der Waals surface area (Å²) in [4.78, 5) is 36.6. The predicted octanol–water partition coefficient (Wildman–Crippen LogP) is 2.25. The van der Waals surface area contributed by atoms with E-state index in [1.165, 1.54) is 0 Å². The number of nitrogens with one attached hydrogen (secondary N) is 1. The molecule has 1 N–H and O–H groups in total. The molecule has 182 valence electrons. The maximum Gasteiger partial charge on any atom is 0.260 e. The number of ether oxygens (including phenoxy) is 2. The van der Waals surface area contributed by atoms with Crippen LogP contribution in [0.25, 0.3) is 21.8 Å². The molecule has 0 spiro atoms. The van der Waals surface area contributed by atoms with Crippen molar-refractivity contribution in [2.75, 3.05) is 46.5 Å². The monoisotopic (exact) mass is 475 g/mol. The molecule has 0 aliphatic carbocycles. The van der Waals surface area contributed by atoms with E-state index in [2.05, 4.69) is 19.4 Å². The Kier molecular flexibility index (Phi) is 6.78. The molecule has 1 fully saturated rings. The lowest BCUT2D eigenvalue weighted by atomic mass is 10.2. The van der Waals surface area contributed by atoms with E-state index in [1.807, 2.05) is 53.6 Å². The van der Waals surface area contributed by atoms with Gasteiger partial charge in [0.05, 0.1) is 29.6 Å². The van der Waals surface area contributed by atoms with Crippen molar-refractivity contribution in [3.63, 3.8) is 0 Å². The summed E-state index contributed by atoms with van der Waals surface area (Å²) in [5.74, 6) is 1.32. The third-order valence-electron chi connectivity index (χ3n) is 6.42. The summed E-state index contributed by atoms with van der Waals surface area (Å²) >= 11 is 0. The Hall–Kier alpha value is -3.69. The van der Waals surface area contributed by atoms with Crippen molar-refractivity contribution in [3.8, 4) is 5.75 Å². The Bertz CT molecular complexity index is 1390. The third kappa shape index (κ3) is 5.06. The van der Waals surface area contributed by atoms with E-state index < -0.39 is 0 Å². The number of piperazine rings is 1. The van der Waals surface area contributed by atoms with Gasteiger partial charge in [-0.3, -0.25) is 14.5 Å². The van der Waals surface area contributed by atoms with Crippen molar-refractivity contribution < 1.29 is 14.3 Å². The minimum Gasteiger partial charge on any atom is -0.483 e. The molecule has 2 aromatic carbocycles. The summed E-state index contributed by atoms with van der Waals surface area (Å²) < 4.78 is 13.2. The summed E-state index contributed by atoms with van der Waals surface area (Å²) in [7, 11) is 1.69. The lowest BCUT2D eigenvalue weighted by Gasteiger charge is -2.34. The van der Waals surface area contributed by atoms with Gasteiger partial charge in [-0.05, 0) is 30.3 Å². The van der Waals surface area contributed by atoms with Crippen molar-refractivity contribution >= 4 is 27.7 Å². The fourth-order valence-corrected chi connectivity index (χ4v) is 4.51. The molecule has 1 saturated heterocycles. The number of hydrogen-bond donors (Lipinski definition) is 1. The lowest BCUT2D eigenvalue weighted by Crippen LogP contribution is -2.49. The number of amides is 1. The maximum absolute atomic E-state index is 12.8. The van der Waals surface area contributed by atoms with Gasteiger partial charge in [0.15, 0.2) is 6.61 Å². The summed E-state index contributed by atoms with van der Waals surface area (Å²) in [6.07, 6.45) is 2.01. The van der Waals surface area contributed by atoms with Crippen LogP contribution in [0.5, 0.6) is 5.75 Å². The maximum atomic E-state index is 12.8. The zero-order valence-corrected chi connectivity index (χ0v) is 19.8. The minimum absolute atomic E-state index is 0.00190. The zero-order valence-electron chi connectivity index (χ0n) is 19.8. The number of aromatic nitrogens is 3. The number of benzene rings is 2. The molecule has 3 heterocycles. The van der Waals surface area contributed by atoms with Gasteiger partial charge >= 0.3 is 0 Å². The average Bonchev–Trinajstić information content (AvgIpc) is 3.30. The number of rotatable bonds is 8. The molecule has 1 amide bonds. The molecule has 4 aromatic rings. The van der Waals surface area contributed by atoms with E-state index in [0.29, 0.717) is 61.8 Å². The first kappa shape index (κ1) is 23.1. The van der Waals surface area contributed by atoms with Gasteiger partial charge in [0.2, 0.25) is 0 Å². The number of para-hydroxylation sites is 1. The molecule has 1 aliphatic rings. The van der Waals surface area contributed by atoms with Gasteiger partial charge < -0.3 is 23.9 Å². The highest BCUT2D eigenvalue weighted by atomic mass is 16.5. The fourth-order valence-electron chi connectivity index (χ4n) is 4.51. The Morgan fingerprint density at radius 1 is 1.03 bits per heavy atom. The standard InChI is InChI=1S/C26H29N5O4/c1-34-16-15-30-10-9-20-22(30)7-4-8-23(20)35-18-25(32)31-13-11-29(12-14-31)17-24-27-21-6-3-2-5-19(21)26(33)28-24/h2-10H,11-18H2,1H3,(H,27,28,33). The smallest absolute Gasteiger partial charge is 0.260 e. The molecule has 9 nitrogen and oxygen atoms in total. The van der Waals surface area contributed by atoms with Crippen LogP contribution in [0.1, 0.15) is 5.82 Å². The topological polar surface area (TPSA) is 92.7 Å². The van der Waals surface area contributed by atoms with E-state index in [4.69, 9.17) is 9.47 Å². The Morgan fingerprint density at radius 3 is 2.69 bits per heavy atom. The number of carbonyl (C=O) groups is 1. The fraction of sp³-hybridized carbons (Fsp3) is 0.346. The Morgan fingerprint density at radius 2 is 1.86 bits per heavy atom. The molecular formula is C26H29N5O4. The molecule has 9 heteroatoms. The molecule has 35 heavy (non-hydrogen) atoms. The van der Waals surface area contributed by atoms with Crippen LogP contribution in [-0.2, 0) is 22.6 Å². The number of fused-ring (bicyclic) bond motifs is 2. The van der Waals surface area contributed by atoms with E-state index in [9.17, 15) is 9.59 Å². The number of carbonyl (C=O) groups excluding carboxylic acids is 1. The second kappa shape index (κ2) is 10.3. The predicted molar refractivity (Wildman–Crippen MR) is 134 cm³/mol. The van der Waals surface area contributed by atoms with Crippen LogP contribution < -0.4 is 10.3 Å². The number of methoxy groups -OCH3 is 1. The summed E-state index contributed by atoms with van der Waals surface area (Å²) in [6.45, 7) is 4.57. The number of nitrogens with zero attached hydrogens (tertiary/aromatic N) is 4. The molecule has 0 bridgehead atoms. The highest BCUT2D eigenvalue weighted by Gasteiger charge is 2.22. The normalized spacial score (nSPS) is 14.6. The van der Waals surface area contributed by atoms with Gasteiger partial charge in [-0.25, -0.2) is 4.98 Å². The summed E-state index contributed by atoms with van der Waals surface area (Å²) in [5.41, 5.74) is 1.63. The Balaban J connectivity index is 1.15. The van der Waals surface area contributed by atoms with Crippen LogP contribution in [0, 0.1) is 0 Å². The van der Waals surface area contributed by atoms with Gasteiger partial charge in [-0.2, -0.15) is 0 Å². The van der Waals surface area contributed by atoms with E-state index in [-0.39, 0.29) is 18.1 Å². The zero-order chi connectivity index (χ0) is 24.2. The van der Waals surface area contributed by atoms with Crippen LogP contribution in [0.4, 0.5) is 0 Å². The summed E-state index contributed by atoms with van der Waals surface area (Å²) in [6, 6.07) is 15.2. The van der Waals surface area contributed by atoms with Gasteiger partial charge in [0, 0.05) is 51.4 Å². The molecule has 1 aliphatic heterocycles. The molecule has 5 rings (SSSR count). The molecule has 0 atom stereocenters. The van der Waals surface area contributed by atoms with E-state index in [0.717, 1.165) is 17.4 Å². The van der Waals surface area contributed by atoms with Crippen molar-refractivity contribution in [2.24, 2.45) is 0 Å². The quantitative estimate of drug-likeness (QED) is 0.420. The van der Waals surface area contributed by atoms with Crippen LogP contribution in [0.2, 0.25) is 0 Å². The van der Waals surface area contributed by atoms with Gasteiger partial charge in [-0.15, -0.1) is 0 Å². The highest BCUT2D eigenvalue weighted by Crippen LogP contribution is 2.26. The third-order valence-corrected chi connectivity index (χ3v) is 6.42. The van der Waals surface area contributed by atoms with Crippen LogP contribution >= 0.6 is 0 Å². The average molecular weight is 476 g/mol. The van der Waals surface area contributed by atoms with Crippen molar-refractivity contribution in [1.29, 1.82) is 0 Å². The molecule has 0 saturated carbocycles. The van der Waals surface area contributed by atoms with Crippen LogP contribution in [0.3, 0.4) is 0 Å². The SMILES string of the molecule is COCCn1ccc2c(OCC(=O)N3CCN(Cc4nc5ccccc5c(=O)[nH]4)CC3)cccc21. The van der Waals surface area contributed by atoms with Crippen LogP contribution in [0.15, 0.2) is 59.5 Å². The molecule has 2 aromatic heterocycles. The first-order valence-corrected chi connectivity index (χ1v) is 11.8. The number of aromatic amines is 1. The largest absolute Gasteiger partial charge is 0.483 e. The summed E-state index contributed by atoms with van der Waals surface area (Å²) in [5, 5.41) is 1.58. The van der Waals surface area contributed by atoms with E-state index >= 15 is 0 Å². The second-order valence-corrected chi connectivity index (χ2v) is 8.67. The first-order valence-electron chi connectivity index (χ1n) is 11.8. The number of hydrogen-bond acceptors (Lipinski definition) is 6.